The minimum atomic E-state index is -0.440. The van der Waals surface area contributed by atoms with Crippen molar-refractivity contribution in [3.63, 3.8) is 0 Å². The first-order valence-corrected chi connectivity index (χ1v) is 9.28. The molecule has 1 saturated heterocycles. The molecule has 1 fully saturated rings. The van der Waals surface area contributed by atoms with Crippen LogP contribution in [0.2, 0.25) is 0 Å². The highest BCUT2D eigenvalue weighted by Gasteiger charge is 2.23. The Bertz CT molecular complexity index is 767. The third-order valence-corrected chi connectivity index (χ3v) is 5.09. The average Bonchev–Trinajstić information content (AvgIpc) is 2.89. The van der Waals surface area contributed by atoms with Crippen molar-refractivity contribution in [2.75, 3.05) is 38.8 Å². The summed E-state index contributed by atoms with van der Waals surface area (Å²) < 4.78 is 10.1. The molecule has 27 heavy (non-hydrogen) atoms. The second-order valence-electron chi connectivity index (χ2n) is 6.80. The molecule has 1 unspecified atom stereocenters. The van der Waals surface area contributed by atoms with E-state index in [4.69, 9.17) is 9.47 Å². The van der Waals surface area contributed by atoms with Gasteiger partial charge >= 0.3 is 5.97 Å². The molecule has 6 heteroatoms. The summed E-state index contributed by atoms with van der Waals surface area (Å²) in [5.74, 6) is 0.690. The average molecular weight is 369 g/mol. The van der Waals surface area contributed by atoms with Crippen LogP contribution in [-0.4, -0.2) is 55.7 Å². The van der Waals surface area contributed by atoms with Crippen molar-refractivity contribution >= 4 is 11.8 Å². The fourth-order valence-electron chi connectivity index (χ4n) is 3.42. The molecular formula is C21H27N3O3. The fraction of sp³-hybridized carbons (Fsp3) is 0.429. The Kier molecular flexibility index (Phi) is 6.29. The number of nitrogens with zero attached hydrogens (tertiary/aromatic N) is 3. The van der Waals surface area contributed by atoms with Gasteiger partial charge in [0.1, 0.15) is 11.4 Å². The van der Waals surface area contributed by atoms with Gasteiger partial charge in [0, 0.05) is 32.2 Å². The number of hydrogen-bond acceptors (Lipinski definition) is 6. The van der Waals surface area contributed by atoms with E-state index in [0.29, 0.717) is 17.5 Å². The standard InChI is InChI=1S/C21H27N3O3/c1-16-11-12-23(13-14-24(16)15-17-7-5-4-6-8-17)19-10-9-18(21(25)27-3)20(22-19)26-2/h4-10,16H,11-15H2,1-3H3. The molecule has 0 amide bonds. The Morgan fingerprint density at radius 1 is 1.11 bits per heavy atom. The fourth-order valence-corrected chi connectivity index (χ4v) is 3.42. The van der Waals surface area contributed by atoms with Crippen molar-refractivity contribution in [1.29, 1.82) is 0 Å². The van der Waals surface area contributed by atoms with E-state index in [1.54, 1.807) is 6.07 Å². The summed E-state index contributed by atoms with van der Waals surface area (Å²) in [6, 6.07) is 14.7. The maximum Gasteiger partial charge on any atom is 0.343 e. The number of anilines is 1. The van der Waals surface area contributed by atoms with Gasteiger partial charge in [-0.25, -0.2) is 4.79 Å². The SMILES string of the molecule is COC(=O)c1ccc(N2CCC(C)N(Cc3ccccc3)CC2)nc1OC. The maximum atomic E-state index is 11.8. The van der Waals surface area contributed by atoms with Gasteiger partial charge in [0.25, 0.3) is 0 Å². The zero-order valence-electron chi connectivity index (χ0n) is 16.2. The lowest BCUT2D eigenvalue weighted by molar-refractivity contribution is 0.0596. The lowest BCUT2D eigenvalue weighted by Crippen LogP contribution is -2.34. The topological polar surface area (TPSA) is 54.9 Å². The van der Waals surface area contributed by atoms with Crippen molar-refractivity contribution < 1.29 is 14.3 Å². The van der Waals surface area contributed by atoms with Crippen molar-refractivity contribution in [3.05, 3.63) is 53.6 Å². The second-order valence-corrected chi connectivity index (χ2v) is 6.80. The third kappa shape index (κ3) is 4.57. The van der Waals surface area contributed by atoms with Gasteiger partial charge in [0.2, 0.25) is 5.88 Å². The number of carbonyl (C=O) groups is 1. The summed E-state index contributed by atoms with van der Waals surface area (Å²) in [5.41, 5.74) is 1.68. The molecule has 0 bridgehead atoms. The minimum Gasteiger partial charge on any atom is -0.480 e. The molecule has 2 aromatic rings. The molecule has 0 saturated carbocycles. The highest BCUT2D eigenvalue weighted by Crippen LogP contribution is 2.24. The predicted molar refractivity (Wildman–Crippen MR) is 105 cm³/mol. The number of rotatable bonds is 5. The summed E-state index contributed by atoms with van der Waals surface area (Å²) in [5, 5.41) is 0. The summed E-state index contributed by atoms with van der Waals surface area (Å²) in [4.78, 5) is 21.1. The first kappa shape index (κ1) is 19.2. The van der Waals surface area contributed by atoms with E-state index < -0.39 is 5.97 Å². The van der Waals surface area contributed by atoms with Crippen LogP contribution >= 0.6 is 0 Å². The van der Waals surface area contributed by atoms with Crippen LogP contribution in [0.1, 0.15) is 29.3 Å². The van der Waals surface area contributed by atoms with Crippen LogP contribution in [-0.2, 0) is 11.3 Å². The molecule has 6 nitrogen and oxygen atoms in total. The van der Waals surface area contributed by atoms with Gasteiger partial charge in [-0.1, -0.05) is 30.3 Å². The van der Waals surface area contributed by atoms with Crippen molar-refractivity contribution in [3.8, 4) is 5.88 Å². The molecule has 1 aromatic carbocycles. The summed E-state index contributed by atoms with van der Waals surface area (Å²) in [6.07, 6.45) is 1.05. The molecule has 1 atom stereocenters. The zero-order valence-corrected chi connectivity index (χ0v) is 16.2. The normalized spacial score (nSPS) is 18.0. The van der Waals surface area contributed by atoms with Crippen LogP contribution in [0, 0.1) is 0 Å². The van der Waals surface area contributed by atoms with Gasteiger partial charge in [-0.15, -0.1) is 0 Å². The minimum absolute atomic E-state index is 0.304. The number of methoxy groups -OCH3 is 2. The van der Waals surface area contributed by atoms with Gasteiger partial charge in [0.15, 0.2) is 0 Å². The Labute approximate surface area is 160 Å². The quantitative estimate of drug-likeness (QED) is 0.756. The molecule has 2 heterocycles. The van der Waals surface area contributed by atoms with Gasteiger partial charge in [0.05, 0.1) is 14.2 Å². The van der Waals surface area contributed by atoms with Gasteiger partial charge < -0.3 is 14.4 Å². The van der Waals surface area contributed by atoms with E-state index in [1.807, 2.05) is 12.1 Å². The summed E-state index contributed by atoms with van der Waals surface area (Å²) in [6.45, 7) is 5.98. The first-order chi connectivity index (χ1) is 13.1. The van der Waals surface area contributed by atoms with E-state index in [2.05, 4.69) is 46.0 Å². The molecule has 1 aliphatic heterocycles. The number of carbonyl (C=O) groups excluding carboxylic acids is 1. The third-order valence-electron chi connectivity index (χ3n) is 5.09. The van der Waals surface area contributed by atoms with Crippen LogP contribution in [0.5, 0.6) is 5.88 Å². The predicted octanol–water partition coefficient (Wildman–Crippen LogP) is 2.98. The molecule has 0 spiro atoms. The van der Waals surface area contributed by atoms with E-state index >= 15 is 0 Å². The molecule has 1 aromatic heterocycles. The molecule has 144 valence electrons. The van der Waals surface area contributed by atoms with Crippen molar-refractivity contribution in [2.45, 2.75) is 25.9 Å². The van der Waals surface area contributed by atoms with Crippen LogP contribution in [0.25, 0.3) is 0 Å². The molecule has 3 rings (SSSR count). The Morgan fingerprint density at radius 3 is 2.59 bits per heavy atom. The number of ether oxygens (including phenoxy) is 2. The molecule has 0 aliphatic carbocycles. The largest absolute Gasteiger partial charge is 0.480 e. The Hall–Kier alpha value is -2.60. The van der Waals surface area contributed by atoms with E-state index in [0.717, 1.165) is 38.4 Å². The first-order valence-electron chi connectivity index (χ1n) is 9.28. The highest BCUT2D eigenvalue weighted by atomic mass is 16.5. The van der Waals surface area contributed by atoms with Crippen LogP contribution in [0.4, 0.5) is 5.82 Å². The number of benzene rings is 1. The van der Waals surface area contributed by atoms with Gasteiger partial charge in [-0.05, 0) is 31.0 Å². The van der Waals surface area contributed by atoms with Crippen LogP contribution in [0.3, 0.4) is 0 Å². The number of hydrogen-bond donors (Lipinski definition) is 0. The number of pyridine rings is 1. The van der Waals surface area contributed by atoms with Crippen LogP contribution < -0.4 is 9.64 Å². The Morgan fingerprint density at radius 2 is 1.89 bits per heavy atom. The molecule has 1 aliphatic rings. The number of esters is 1. The number of aromatic nitrogens is 1. The second kappa shape index (κ2) is 8.86. The van der Waals surface area contributed by atoms with E-state index in [1.165, 1.54) is 19.8 Å². The zero-order chi connectivity index (χ0) is 19.2. The lowest BCUT2D eigenvalue weighted by atomic mass is 10.1. The van der Waals surface area contributed by atoms with Crippen molar-refractivity contribution in [2.24, 2.45) is 0 Å². The Balaban J connectivity index is 1.72. The van der Waals surface area contributed by atoms with E-state index in [9.17, 15) is 4.79 Å². The molecule has 0 N–H and O–H groups in total. The molecule has 0 radical (unpaired) electrons. The summed E-state index contributed by atoms with van der Waals surface area (Å²) in [7, 11) is 2.87. The van der Waals surface area contributed by atoms with E-state index in [-0.39, 0.29) is 0 Å². The lowest BCUT2D eigenvalue weighted by Gasteiger charge is -2.26. The maximum absolute atomic E-state index is 11.8. The smallest absolute Gasteiger partial charge is 0.343 e. The summed E-state index contributed by atoms with van der Waals surface area (Å²) >= 11 is 0. The van der Waals surface area contributed by atoms with Crippen molar-refractivity contribution in [1.82, 2.24) is 9.88 Å². The van der Waals surface area contributed by atoms with Gasteiger partial charge in [-0.2, -0.15) is 4.98 Å². The monoisotopic (exact) mass is 369 g/mol. The molecular weight excluding hydrogens is 342 g/mol. The highest BCUT2D eigenvalue weighted by molar-refractivity contribution is 5.92. The van der Waals surface area contributed by atoms with Crippen LogP contribution in [0.15, 0.2) is 42.5 Å². The van der Waals surface area contributed by atoms with Gasteiger partial charge in [-0.3, -0.25) is 4.90 Å².